The zero-order chi connectivity index (χ0) is 15.8. The summed E-state index contributed by atoms with van der Waals surface area (Å²) in [7, 11) is 0. The molecule has 1 fully saturated rings. The Balaban J connectivity index is 2.19. The van der Waals surface area contributed by atoms with Crippen LogP contribution in [0.5, 0.6) is 0 Å². The summed E-state index contributed by atoms with van der Waals surface area (Å²) in [4.78, 5) is 19.5. The van der Waals surface area contributed by atoms with Gasteiger partial charge >= 0.3 is 5.97 Å². The zero-order valence-electron chi connectivity index (χ0n) is 13.5. The molecule has 0 radical (unpaired) electrons. The van der Waals surface area contributed by atoms with Gasteiger partial charge < -0.3 is 10.4 Å². The summed E-state index contributed by atoms with van der Waals surface area (Å²) in [5, 5.41) is 12.4. The minimum atomic E-state index is -1.02. The largest absolute Gasteiger partial charge is 0.477 e. The van der Waals surface area contributed by atoms with Crippen LogP contribution in [0.2, 0.25) is 0 Å². The molecule has 2 N–H and O–H groups in total. The van der Waals surface area contributed by atoms with Crippen LogP contribution in [-0.4, -0.2) is 27.1 Å². The lowest BCUT2D eigenvalue weighted by atomic mass is 9.63. The molecule has 0 saturated heterocycles. The van der Waals surface area contributed by atoms with Gasteiger partial charge in [0, 0.05) is 11.7 Å². The second-order valence-electron chi connectivity index (χ2n) is 7.78. The van der Waals surface area contributed by atoms with Crippen molar-refractivity contribution in [3.63, 3.8) is 0 Å². The van der Waals surface area contributed by atoms with E-state index in [1.165, 1.54) is 12.5 Å². The average molecular weight is 291 g/mol. The Labute approximate surface area is 126 Å². The van der Waals surface area contributed by atoms with Gasteiger partial charge in [0.15, 0.2) is 5.69 Å². The predicted octanol–water partition coefficient (Wildman–Crippen LogP) is 3.50. The second-order valence-corrected chi connectivity index (χ2v) is 7.78. The molecule has 0 aromatic carbocycles. The third-order valence-corrected chi connectivity index (χ3v) is 3.96. The Morgan fingerprint density at radius 1 is 1.24 bits per heavy atom. The Kier molecular flexibility index (Phi) is 3.95. The molecule has 0 aliphatic heterocycles. The van der Waals surface area contributed by atoms with Crippen LogP contribution in [0, 0.1) is 17.8 Å². The number of carboxylic acid groups (broad SMARTS) is 1. The quantitative estimate of drug-likeness (QED) is 0.891. The normalized spacial score (nSPS) is 21.0. The van der Waals surface area contributed by atoms with E-state index in [-0.39, 0.29) is 22.6 Å². The van der Waals surface area contributed by atoms with Gasteiger partial charge in [-0.15, -0.1) is 0 Å². The molecule has 0 atom stereocenters. The SMILES string of the molecule is Cc1cc(C(=O)O)nc(NC2CC(C)(C)CC(C)(C)C2)n1. The third kappa shape index (κ3) is 4.16. The minimum Gasteiger partial charge on any atom is -0.477 e. The van der Waals surface area contributed by atoms with Crippen LogP contribution >= 0.6 is 0 Å². The van der Waals surface area contributed by atoms with E-state index in [1.807, 2.05) is 0 Å². The van der Waals surface area contributed by atoms with Gasteiger partial charge in [0.2, 0.25) is 5.95 Å². The number of anilines is 1. The molecule has 5 heteroatoms. The lowest BCUT2D eigenvalue weighted by molar-refractivity contribution is 0.0689. The molecule has 116 valence electrons. The average Bonchev–Trinajstić information content (AvgIpc) is 2.22. The van der Waals surface area contributed by atoms with Crippen LogP contribution in [0.1, 0.15) is 63.1 Å². The van der Waals surface area contributed by atoms with Gasteiger partial charge in [0.1, 0.15) is 0 Å². The molecule has 5 nitrogen and oxygen atoms in total. The third-order valence-electron chi connectivity index (χ3n) is 3.96. The van der Waals surface area contributed by atoms with Crippen molar-refractivity contribution in [3.05, 3.63) is 17.5 Å². The fourth-order valence-electron chi connectivity index (χ4n) is 3.87. The highest BCUT2D eigenvalue weighted by atomic mass is 16.4. The summed E-state index contributed by atoms with van der Waals surface area (Å²) < 4.78 is 0. The maximum atomic E-state index is 11.1. The fourth-order valence-corrected chi connectivity index (χ4v) is 3.87. The molecule has 2 rings (SSSR count). The molecular formula is C16H25N3O2. The summed E-state index contributed by atoms with van der Waals surface area (Å²) in [5.41, 5.74) is 1.23. The smallest absolute Gasteiger partial charge is 0.354 e. The van der Waals surface area contributed by atoms with E-state index >= 15 is 0 Å². The monoisotopic (exact) mass is 291 g/mol. The number of aromatic carboxylic acids is 1. The molecule has 21 heavy (non-hydrogen) atoms. The first-order valence-corrected chi connectivity index (χ1v) is 7.42. The van der Waals surface area contributed by atoms with Gasteiger partial charge in [0.05, 0.1) is 0 Å². The van der Waals surface area contributed by atoms with Crippen molar-refractivity contribution in [2.45, 2.75) is 59.9 Å². The molecule has 1 heterocycles. The molecule has 0 unspecified atom stereocenters. The molecule has 1 aromatic rings. The molecule has 1 aliphatic rings. The number of carboxylic acids is 1. The molecule has 0 bridgehead atoms. The van der Waals surface area contributed by atoms with Gasteiger partial charge in [-0.25, -0.2) is 14.8 Å². The minimum absolute atomic E-state index is 0.0410. The Morgan fingerprint density at radius 3 is 2.33 bits per heavy atom. The van der Waals surface area contributed by atoms with Gasteiger partial charge in [0.25, 0.3) is 0 Å². The first kappa shape index (κ1) is 15.7. The number of aromatic nitrogens is 2. The van der Waals surface area contributed by atoms with Crippen LogP contribution < -0.4 is 5.32 Å². The number of hydrogen-bond donors (Lipinski definition) is 2. The summed E-state index contributed by atoms with van der Waals surface area (Å²) in [6.07, 6.45) is 3.26. The van der Waals surface area contributed by atoms with Gasteiger partial charge in [-0.1, -0.05) is 27.7 Å². The summed E-state index contributed by atoms with van der Waals surface area (Å²) >= 11 is 0. The van der Waals surface area contributed by atoms with Crippen molar-refractivity contribution in [2.75, 3.05) is 5.32 Å². The van der Waals surface area contributed by atoms with Crippen LogP contribution in [0.3, 0.4) is 0 Å². The first-order valence-electron chi connectivity index (χ1n) is 7.42. The van der Waals surface area contributed by atoms with E-state index in [2.05, 4.69) is 43.0 Å². The van der Waals surface area contributed by atoms with Crippen molar-refractivity contribution >= 4 is 11.9 Å². The van der Waals surface area contributed by atoms with Crippen LogP contribution in [0.25, 0.3) is 0 Å². The standard InChI is InChI=1S/C16H25N3O2/c1-10-6-12(13(20)21)19-14(17-10)18-11-7-15(2,3)9-16(4,5)8-11/h6,11H,7-9H2,1-5H3,(H,20,21)(H,17,18,19). The number of hydrogen-bond acceptors (Lipinski definition) is 4. The van der Waals surface area contributed by atoms with Crippen molar-refractivity contribution in [3.8, 4) is 0 Å². The maximum absolute atomic E-state index is 11.1. The van der Waals surface area contributed by atoms with Crippen molar-refractivity contribution in [1.82, 2.24) is 9.97 Å². The summed E-state index contributed by atoms with van der Waals surface area (Å²) in [6, 6.07) is 1.76. The Morgan fingerprint density at radius 2 is 1.81 bits per heavy atom. The highest BCUT2D eigenvalue weighted by molar-refractivity contribution is 5.85. The van der Waals surface area contributed by atoms with Crippen molar-refractivity contribution < 1.29 is 9.90 Å². The lowest BCUT2D eigenvalue weighted by Crippen LogP contribution is -2.40. The molecule has 1 saturated carbocycles. The predicted molar refractivity (Wildman–Crippen MR) is 82.6 cm³/mol. The van der Waals surface area contributed by atoms with E-state index in [1.54, 1.807) is 6.92 Å². The van der Waals surface area contributed by atoms with E-state index in [9.17, 15) is 4.79 Å². The summed E-state index contributed by atoms with van der Waals surface area (Å²) in [6.45, 7) is 10.9. The first-order chi connectivity index (χ1) is 9.56. The number of nitrogens with zero attached hydrogens (tertiary/aromatic N) is 2. The molecule has 1 aromatic heterocycles. The highest BCUT2D eigenvalue weighted by Gasteiger charge is 2.38. The fraction of sp³-hybridized carbons (Fsp3) is 0.688. The van der Waals surface area contributed by atoms with Gasteiger partial charge in [-0.2, -0.15) is 0 Å². The second kappa shape index (κ2) is 5.28. The molecule has 0 spiro atoms. The molecule has 0 amide bonds. The summed E-state index contributed by atoms with van der Waals surface area (Å²) in [5.74, 6) is -0.598. The number of rotatable bonds is 3. The zero-order valence-corrected chi connectivity index (χ0v) is 13.5. The highest BCUT2D eigenvalue weighted by Crippen LogP contribution is 2.46. The number of aryl methyl sites for hydroxylation is 1. The topological polar surface area (TPSA) is 75.1 Å². The molecule has 1 aliphatic carbocycles. The van der Waals surface area contributed by atoms with E-state index in [4.69, 9.17) is 5.11 Å². The number of nitrogens with one attached hydrogen (secondary N) is 1. The van der Waals surface area contributed by atoms with Crippen molar-refractivity contribution in [1.29, 1.82) is 0 Å². The van der Waals surface area contributed by atoms with Crippen molar-refractivity contribution in [2.24, 2.45) is 10.8 Å². The van der Waals surface area contributed by atoms with E-state index in [0.29, 0.717) is 11.6 Å². The van der Waals surface area contributed by atoms with Gasteiger partial charge in [-0.3, -0.25) is 0 Å². The Hall–Kier alpha value is -1.65. The molecular weight excluding hydrogens is 266 g/mol. The Bertz CT molecular complexity index is 536. The van der Waals surface area contributed by atoms with E-state index in [0.717, 1.165) is 12.8 Å². The van der Waals surface area contributed by atoms with Crippen LogP contribution in [0.4, 0.5) is 5.95 Å². The lowest BCUT2D eigenvalue weighted by Gasteiger charge is -2.45. The van der Waals surface area contributed by atoms with Gasteiger partial charge in [-0.05, 0) is 43.1 Å². The van der Waals surface area contributed by atoms with Crippen LogP contribution in [0.15, 0.2) is 6.07 Å². The maximum Gasteiger partial charge on any atom is 0.354 e. The van der Waals surface area contributed by atoms with Crippen LogP contribution in [-0.2, 0) is 0 Å². The number of carbonyl (C=O) groups is 1. The van der Waals surface area contributed by atoms with E-state index < -0.39 is 5.97 Å².